The van der Waals surface area contributed by atoms with Crippen LogP contribution in [0, 0.1) is 5.82 Å². The molecule has 0 aromatic heterocycles. The van der Waals surface area contributed by atoms with Gasteiger partial charge in [0.25, 0.3) is 0 Å². The third-order valence-corrected chi connectivity index (χ3v) is 3.75. The normalized spacial score (nSPS) is 14.4. The van der Waals surface area contributed by atoms with Crippen molar-refractivity contribution in [1.29, 1.82) is 0 Å². The van der Waals surface area contributed by atoms with Crippen molar-refractivity contribution in [3.05, 3.63) is 34.1 Å². The largest absolute Gasteiger partial charge is 0.591 e. The summed E-state index contributed by atoms with van der Waals surface area (Å²) in [4.78, 5) is 0. The molecule has 88 valence electrons. The molecular weight excluding hydrogens is 293 g/mol. The predicted octanol–water partition coefficient (Wildman–Crippen LogP) is 3.47. The van der Waals surface area contributed by atoms with Crippen molar-refractivity contribution < 1.29 is 8.94 Å². The maximum Gasteiger partial charge on any atom is 0.144 e. The molecule has 0 aliphatic heterocycles. The Labute approximate surface area is 106 Å². The summed E-state index contributed by atoms with van der Waals surface area (Å²) in [6.45, 7) is 5.51. The van der Waals surface area contributed by atoms with Gasteiger partial charge in [0.15, 0.2) is 0 Å². The van der Waals surface area contributed by atoms with Gasteiger partial charge in [0.05, 0.1) is 10.7 Å². The van der Waals surface area contributed by atoms with Crippen molar-refractivity contribution in [2.45, 2.75) is 25.5 Å². The zero-order chi connectivity index (χ0) is 12.3. The van der Waals surface area contributed by atoms with Crippen LogP contribution < -0.4 is 0 Å². The number of hydrogen-bond donors (Lipinski definition) is 0. The van der Waals surface area contributed by atoms with Crippen LogP contribution in [0.1, 0.15) is 26.3 Å². The highest BCUT2D eigenvalue weighted by Gasteiger charge is 2.25. The Kier molecular flexibility index (Phi) is 4.52. The SMILES string of the molecule is CC(C)(C)[S+]([O-])N=Cc1ccc(Br)c(F)c1. The molecule has 0 heterocycles. The molecule has 0 bridgehead atoms. The zero-order valence-electron chi connectivity index (χ0n) is 9.33. The summed E-state index contributed by atoms with van der Waals surface area (Å²) in [6.07, 6.45) is 1.43. The van der Waals surface area contributed by atoms with Gasteiger partial charge in [0.1, 0.15) is 21.9 Å². The van der Waals surface area contributed by atoms with Gasteiger partial charge in [0, 0.05) is 5.56 Å². The lowest BCUT2D eigenvalue weighted by Gasteiger charge is -2.17. The molecule has 0 saturated heterocycles. The lowest BCUT2D eigenvalue weighted by molar-refractivity contribution is 0.562. The number of nitrogens with zero attached hydrogens (tertiary/aromatic N) is 1. The highest BCUT2D eigenvalue weighted by molar-refractivity contribution is 9.10. The first-order valence-electron chi connectivity index (χ1n) is 4.72. The Bertz CT molecular complexity index is 403. The van der Waals surface area contributed by atoms with E-state index in [4.69, 9.17) is 0 Å². The molecule has 0 saturated carbocycles. The monoisotopic (exact) mass is 305 g/mol. The molecule has 0 amide bonds. The van der Waals surface area contributed by atoms with Crippen LogP contribution >= 0.6 is 15.9 Å². The number of halogens is 2. The Morgan fingerprint density at radius 1 is 1.44 bits per heavy atom. The summed E-state index contributed by atoms with van der Waals surface area (Å²) in [7, 11) is 0. The first-order valence-corrected chi connectivity index (χ1v) is 6.62. The van der Waals surface area contributed by atoms with Gasteiger partial charge in [-0.1, -0.05) is 10.5 Å². The minimum atomic E-state index is -1.31. The lowest BCUT2D eigenvalue weighted by Crippen LogP contribution is -2.25. The van der Waals surface area contributed by atoms with Crippen molar-refractivity contribution in [3.63, 3.8) is 0 Å². The fourth-order valence-corrected chi connectivity index (χ4v) is 1.64. The van der Waals surface area contributed by atoms with Crippen molar-refractivity contribution >= 4 is 33.5 Å². The standard InChI is InChI=1S/C11H13BrFNOS/c1-11(2,3)16(15)14-7-8-4-5-9(12)10(13)6-8/h4-7H,1-3H3. The van der Waals surface area contributed by atoms with E-state index in [2.05, 4.69) is 20.3 Å². The zero-order valence-corrected chi connectivity index (χ0v) is 11.7. The number of benzene rings is 1. The summed E-state index contributed by atoms with van der Waals surface area (Å²) >= 11 is 1.75. The molecule has 5 heteroatoms. The van der Waals surface area contributed by atoms with E-state index < -0.39 is 16.1 Å². The molecule has 16 heavy (non-hydrogen) atoms. The Hall–Kier alpha value is -0.390. The lowest BCUT2D eigenvalue weighted by atomic mass is 10.2. The first-order chi connectivity index (χ1) is 7.30. The molecule has 1 aromatic rings. The molecule has 1 aromatic carbocycles. The summed E-state index contributed by atoms with van der Waals surface area (Å²) in [6, 6.07) is 4.64. The van der Waals surface area contributed by atoms with Gasteiger partial charge in [-0.25, -0.2) is 4.39 Å². The molecule has 1 atom stereocenters. The van der Waals surface area contributed by atoms with Gasteiger partial charge < -0.3 is 4.55 Å². The molecule has 1 rings (SSSR count). The third kappa shape index (κ3) is 3.88. The second-order valence-corrected chi connectivity index (χ2v) is 7.06. The van der Waals surface area contributed by atoms with E-state index in [-0.39, 0.29) is 5.82 Å². The highest BCUT2D eigenvalue weighted by Crippen LogP contribution is 2.18. The summed E-state index contributed by atoms with van der Waals surface area (Å²) in [5.41, 5.74) is 0.596. The minimum Gasteiger partial charge on any atom is -0.591 e. The Balaban J connectivity index is 2.81. The molecule has 0 spiro atoms. The van der Waals surface area contributed by atoms with Crippen LogP contribution in [-0.4, -0.2) is 15.5 Å². The van der Waals surface area contributed by atoms with Crippen molar-refractivity contribution in [3.8, 4) is 0 Å². The van der Waals surface area contributed by atoms with E-state index in [0.717, 1.165) is 0 Å². The van der Waals surface area contributed by atoms with E-state index in [9.17, 15) is 8.94 Å². The van der Waals surface area contributed by atoms with Crippen LogP contribution in [0.4, 0.5) is 4.39 Å². The van der Waals surface area contributed by atoms with Crippen molar-refractivity contribution in [2.75, 3.05) is 0 Å². The molecular formula is C11H13BrFNOS. The fraction of sp³-hybridized carbons (Fsp3) is 0.364. The van der Waals surface area contributed by atoms with Crippen LogP contribution in [-0.2, 0) is 11.4 Å². The summed E-state index contributed by atoms with van der Waals surface area (Å²) < 4.78 is 28.7. The maximum atomic E-state index is 13.2. The average molecular weight is 306 g/mol. The van der Waals surface area contributed by atoms with E-state index in [1.807, 2.05) is 20.8 Å². The second kappa shape index (κ2) is 5.29. The number of hydrogen-bond acceptors (Lipinski definition) is 2. The number of rotatable bonds is 2. The summed E-state index contributed by atoms with van der Waals surface area (Å²) in [5, 5.41) is 0. The maximum absolute atomic E-state index is 13.2. The molecule has 0 aliphatic carbocycles. The van der Waals surface area contributed by atoms with E-state index in [1.165, 1.54) is 12.3 Å². The van der Waals surface area contributed by atoms with Crippen LogP contribution in [0.15, 0.2) is 27.1 Å². The fourth-order valence-electron chi connectivity index (χ4n) is 0.860. The molecule has 2 nitrogen and oxygen atoms in total. The average Bonchev–Trinajstić information content (AvgIpc) is 2.18. The Morgan fingerprint density at radius 2 is 2.06 bits per heavy atom. The molecule has 1 unspecified atom stereocenters. The highest BCUT2D eigenvalue weighted by atomic mass is 79.9. The van der Waals surface area contributed by atoms with E-state index >= 15 is 0 Å². The predicted molar refractivity (Wildman–Crippen MR) is 69.6 cm³/mol. The summed E-state index contributed by atoms with van der Waals surface area (Å²) in [5.74, 6) is -0.356. The van der Waals surface area contributed by atoms with Crippen LogP contribution in [0.3, 0.4) is 0 Å². The molecule has 0 aliphatic rings. The van der Waals surface area contributed by atoms with Crippen molar-refractivity contribution in [2.24, 2.45) is 4.40 Å². The molecule has 0 radical (unpaired) electrons. The Morgan fingerprint density at radius 3 is 2.56 bits per heavy atom. The first kappa shape index (κ1) is 13.7. The van der Waals surface area contributed by atoms with Gasteiger partial charge in [0.2, 0.25) is 0 Å². The smallest absolute Gasteiger partial charge is 0.144 e. The topological polar surface area (TPSA) is 35.4 Å². The molecule has 0 N–H and O–H groups in total. The van der Waals surface area contributed by atoms with Crippen LogP contribution in [0.5, 0.6) is 0 Å². The van der Waals surface area contributed by atoms with E-state index in [1.54, 1.807) is 12.1 Å². The quantitative estimate of drug-likeness (QED) is 0.608. The molecule has 0 fully saturated rings. The van der Waals surface area contributed by atoms with Gasteiger partial charge >= 0.3 is 0 Å². The van der Waals surface area contributed by atoms with Gasteiger partial charge in [-0.05, 0) is 48.8 Å². The van der Waals surface area contributed by atoms with Gasteiger partial charge in [-0.2, -0.15) is 0 Å². The minimum absolute atomic E-state index is 0.356. The second-order valence-electron chi connectivity index (χ2n) is 4.27. The van der Waals surface area contributed by atoms with Crippen LogP contribution in [0.25, 0.3) is 0 Å². The van der Waals surface area contributed by atoms with Crippen LogP contribution in [0.2, 0.25) is 0 Å². The van der Waals surface area contributed by atoms with E-state index in [0.29, 0.717) is 10.0 Å². The van der Waals surface area contributed by atoms with Crippen molar-refractivity contribution in [1.82, 2.24) is 0 Å². The van der Waals surface area contributed by atoms with Gasteiger partial charge in [-0.15, -0.1) is 0 Å². The third-order valence-electron chi connectivity index (χ3n) is 1.77. The van der Waals surface area contributed by atoms with Gasteiger partial charge in [-0.3, -0.25) is 0 Å².